The minimum Gasteiger partial charge on any atom is -0.484 e. The zero-order valence-corrected chi connectivity index (χ0v) is 12.6. The van der Waals surface area contributed by atoms with Crippen LogP contribution in [-0.4, -0.2) is 22.1 Å². The lowest BCUT2D eigenvalue weighted by atomic mass is 10.0. The summed E-state index contributed by atoms with van der Waals surface area (Å²) in [5.41, 5.74) is -0.659. The van der Waals surface area contributed by atoms with Crippen molar-refractivity contribution in [3.63, 3.8) is 0 Å². The maximum atomic E-state index is 11.1. The minimum atomic E-state index is -0.646. The molecule has 0 radical (unpaired) electrons. The number of nitroso groups, excluding NO2 is 1. The number of aromatic nitrogens is 1. The highest BCUT2D eigenvalue weighted by Crippen LogP contribution is 2.46. The topological polar surface area (TPSA) is 97.9 Å². The molecule has 0 saturated carbocycles. The quantitative estimate of drug-likeness (QED) is 0.486. The summed E-state index contributed by atoms with van der Waals surface area (Å²) in [5.74, 6) is 0.988. The molecule has 1 aromatic heterocycles. The van der Waals surface area contributed by atoms with Gasteiger partial charge in [-0.1, -0.05) is 6.07 Å². The van der Waals surface area contributed by atoms with Crippen LogP contribution in [0.4, 0.5) is 22.9 Å². The van der Waals surface area contributed by atoms with E-state index in [9.17, 15) is 15.0 Å². The molecule has 2 heterocycles. The van der Waals surface area contributed by atoms with E-state index in [0.717, 1.165) is 0 Å². The Morgan fingerprint density at radius 2 is 2.17 bits per heavy atom. The fourth-order valence-electron chi connectivity index (χ4n) is 2.57. The monoisotopic (exact) mass is 314 g/mol. The van der Waals surface area contributed by atoms with Crippen LogP contribution >= 0.6 is 0 Å². The van der Waals surface area contributed by atoms with Crippen LogP contribution in [-0.2, 0) is 0 Å². The number of hydrogen-bond donors (Lipinski definition) is 0. The predicted octanol–water partition coefficient (Wildman–Crippen LogP) is 3.70. The molecule has 0 unspecified atom stereocenters. The van der Waals surface area contributed by atoms with Crippen LogP contribution in [0.15, 0.2) is 41.7 Å². The summed E-state index contributed by atoms with van der Waals surface area (Å²) in [7, 11) is 0. The van der Waals surface area contributed by atoms with Crippen LogP contribution in [0.3, 0.4) is 0 Å². The predicted molar refractivity (Wildman–Crippen MR) is 84.5 cm³/mol. The molecule has 1 aliphatic rings. The highest BCUT2D eigenvalue weighted by atomic mass is 16.6. The summed E-state index contributed by atoms with van der Waals surface area (Å²) < 4.78 is 5.84. The zero-order chi connectivity index (χ0) is 16.6. The molecule has 0 bridgehead atoms. The minimum absolute atomic E-state index is 0.238. The van der Waals surface area contributed by atoms with Gasteiger partial charge in [0, 0.05) is 12.3 Å². The largest absolute Gasteiger partial charge is 0.484 e. The fourth-order valence-corrected chi connectivity index (χ4v) is 2.57. The molecule has 0 fully saturated rings. The fraction of sp³-hybridized carbons (Fsp3) is 0.267. The van der Waals surface area contributed by atoms with Crippen molar-refractivity contribution in [3.8, 4) is 5.75 Å². The Bertz CT molecular complexity index is 777. The summed E-state index contributed by atoms with van der Waals surface area (Å²) in [5, 5.41) is 13.9. The second kappa shape index (κ2) is 5.31. The van der Waals surface area contributed by atoms with E-state index in [1.807, 2.05) is 30.9 Å². The van der Waals surface area contributed by atoms with Crippen molar-refractivity contribution in [1.82, 2.24) is 4.98 Å². The Balaban J connectivity index is 2.20. The van der Waals surface area contributed by atoms with E-state index in [1.165, 1.54) is 12.1 Å². The lowest BCUT2D eigenvalue weighted by Crippen LogP contribution is -2.45. The van der Waals surface area contributed by atoms with Gasteiger partial charge in [0.2, 0.25) is 0 Å². The van der Waals surface area contributed by atoms with Crippen LogP contribution in [0.2, 0.25) is 0 Å². The molecule has 118 valence electrons. The van der Waals surface area contributed by atoms with E-state index in [4.69, 9.17) is 4.74 Å². The van der Waals surface area contributed by atoms with Crippen molar-refractivity contribution in [2.45, 2.75) is 19.4 Å². The first-order chi connectivity index (χ1) is 10.9. The van der Waals surface area contributed by atoms with Crippen LogP contribution < -0.4 is 9.64 Å². The number of hydrogen-bond acceptors (Lipinski definition) is 7. The molecule has 8 heteroatoms. The van der Waals surface area contributed by atoms with Crippen molar-refractivity contribution in [3.05, 3.63) is 51.6 Å². The maximum Gasteiger partial charge on any atom is 0.302 e. The Labute approximate surface area is 131 Å². The van der Waals surface area contributed by atoms with Crippen LogP contribution in [0.25, 0.3) is 0 Å². The SMILES string of the molecule is CC1(C)CN(c2ccccn2)c2cc(N=O)c([N+](=O)[O-])cc2O1. The third kappa shape index (κ3) is 2.70. The van der Waals surface area contributed by atoms with E-state index in [1.54, 1.807) is 12.3 Å². The average Bonchev–Trinajstić information content (AvgIpc) is 2.53. The van der Waals surface area contributed by atoms with Crippen molar-refractivity contribution in [2.24, 2.45) is 5.18 Å². The maximum absolute atomic E-state index is 11.1. The highest BCUT2D eigenvalue weighted by molar-refractivity contribution is 5.77. The summed E-state index contributed by atoms with van der Waals surface area (Å²) in [6, 6.07) is 8.06. The van der Waals surface area contributed by atoms with Crippen LogP contribution in [0.1, 0.15) is 13.8 Å². The first-order valence-electron chi connectivity index (χ1n) is 6.95. The van der Waals surface area contributed by atoms with E-state index in [2.05, 4.69) is 10.2 Å². The van der Waals surface area contributed by atoms with Crippen molar-refractivity contribution in [2.75, 3.05) is 11.4 Å². The van der Waals surface area contributed by atoms with Gasteiger partial charge in [0.15, 0.2) is 11.4 Å². The van der Waals surface area contributed by atoms with E-state index in [0.29, 0.717) is 23.8 Å². The summed E-state index contributed by atoms with van der Waals surface area (Å²) >= 11 is 0. The van der Waals surface area contributed by atoms with Gasteiger partial charge in [-0.15, -0.1) is 4.91 Å². The van der Waals surface area contributed by atoms with Crippen LogP contribution in [0.5, 0.6) is 5.75 Å². The Morgan fingerprint density at radius 1 is 1.39 bits per heavy atom. The summed E-state index contributed by atoms with van der Waals surface area (Å²) in [4.78, 5) is 27.6. The number of pyridine rings is 1. The Morgan fingerprint density at radius 3 is 2.78 bits per heavy atom. The Hall–Kier alpha value is -3.03. The molecule has 0 N–H and O–H groups in total. The summed E-state index contributed by atoms with van der Waals surface area (Å²) in [6.45, 7) is 4.24. The van der Waals surface area contributed by atoms with Gasteiger partial charge >= 0.3 is 5.69 Å². The zero-order valence-electron chi connectivity index (χ0n) is 12.6. The highest BCUT2D eigenvalue weighted by Gasteiger charge is 2.35. The molecule has 2 aromatic rings. The molecular formula is C15H14N4O4. The molecule has 0 saturated heterocycles. The molecule has 0 atom stereocenters. The van der Waals surface area contributed by atoms with Crippen molar-refractivity contribution in [1.29, 1.82) is 0 Å². The van der Waals surface area contributed by atoms with E-state index >= 15 is 0 Å². The first-order valence-corrected chi connectivity index (χ1v) is 6.95. The van der Waals surface area contributed by atoms with E-state index in [-0.39, 0.29) is 11.4 Å². The number of benzene rings is 1. The Kier molecular flexibility index (Phi) is 3.44. The van der Waals surface area contributed by atoms with Gasteiger partial charge in [-0.3, -0.25) is 10.1 Å². The second-order valence-corrected chi connectivity index (χ2v) is 5.79. The molecule has 1 aliphatic heterocycles. The van der Waals surface area contributed by atoms with Gasteiger partial charge in [0.1, 0.15) is 11.4 Å². The van der Waals surface area contributed by atoms with E-state index < -0.39 is 10.5 Å². The van der Waals surface area contributed by atoms with Gasteiger partial charge in [-0.25, -0.2) is 4.98 Å². The molecule has 0 amide bonds. The number of ether oxygens (including phenoxy) is 1. The molecule has 8 nitrogen and oxygen atoms in total. The average molecular weight is 314 g/mol. The number of rotatable bonds is 3. The number of fused-ring (bicyclic) bond motifs is 1. The third-order valence-electron chi connectivity index (χ3n) is 3.49. The number of nitro groups is 1. The molecule has 0 aliphatic carbocycles. The normalized spacial score (nSPS) is 15.5. The molecule has 23 heavy (non-hydrogen) atoms. The molecular weight excluding hydrogens is 300 g/mol. The molecule has 1 aromatic carbocycles. The smallest absolute Gasteiger partial charge is 0.302 e. The van der Waals surface area contributed by atoms with Crippen LogP contribution in [0, 0.1) is 15.0 Å². The van der Waals surface area contributed by atoms with Crippen molar-refractivity contribution < 1.29 is 9.66 Å². The number of anilines is 2. The summed E-state index contributed by atoms with van der Waals surface area (Å²) in [6.07, 6.45) is 1.65. The van der Waals surface area contributed by atoms with Gasteiger partial charge in [-0.05, 0) is 31.2 Å². The second-order valence-electron chi connectivity index (χ2n) is 5.79. The molecule has 3 rings (SSSR count). The number of nitro benzene ring substituents is 1. The lowest BCUT2D eigenvalue weighted by molar-refractivity contribution is -0.384. The standard InChI is InChI=1S/C15H14N4O4/c1-15(2)9-18(14-5-3-4-6-16-14)12-7-10(17-20)11(19(21)22)8-13(12)23-15/h3-8H,9H2,1-2H3. The van der Waals surface area contributed by atoms with Gasteiger partial charge < -0.3 is 9.64 Å². The third-order valence-corrected chi connectivity index (χ3v) is 3.49. The van der Waals surface area contributed by atoms with Gasteiger partial charge in [0.05, 0.1) is 23.2 Å². The van der Waals surface area contributed by atoms with Crippen molar-refractivity contribution >= 4 is 22.9 Å². The lowest BCUT2D eigenvalue weighted by Gasteiger charge is -2.40. The van der Waals surface area contributed by atoms with Gasteiger partial charge in [0.25, 0.3) is 0 Å². The van der Waals surface area contributed by atoms with Gasteiger partial charge in [-0.2, -0.15) is 0 Å². The molecule has 0 spiro atoms. The number of nitrogens with zero attached hydrogens (tertiary/aromatic N) is 4. The first kappa shape index (κ1) is 14.9.